The molecule has 5 aromatic rings. The highest BCUT2D eigenvalue weighted by Crippen LogP contribution is 2.32. The maximum Gasteiger partial charge on any atom is 0.412 e. The van der Waals surface area contributed by atoms with Gasteiger partial charge in [-0.3, -0.25) is 4.79 Å². The molecule has 0 atom stereocenters. The predicted octanol–water partition coefficient (Wildman–Crippen LogP) is 4.17. The summed E-state index contributed by atoms with van der Waals surface area (Å²) in [6.07, 6.45) is -0.423. The first-order chi connectivity index (χ1) is 15.5. The van der Waals surface area contributed by atoms with E-state index in [1.807, 2.05) is 48.5 Å². The van der Waals surface area contributed by atoms with Crippen LogP contribution in [0.4, 0.5) is 4.79 Å². The molecule has 2 heterocycles. The zero-order valence-corrected chi connectivity index (χ0v) is 17.3. The van der Waals surface area contributed by atoms with Crippen molar-refractivity contribution in [1.82, 2.24) is 20.2 Å². The number of carbonyl (C=O) groups is 1. The first-order valence-electron chi connectivity index (χ1n) is 9.70. The second-order valence-electron chi connectivity index (χ2n) is 7.23. The Bertz CT molecular complexity index is 1560. The molecule has 0 spiro atoms. The second kappa shape index (κ2) is 7.82. The second-order valence-corrected chi connectivity index (χ2v) is 7.64. The van der Waals surface area contributed by atoms with Crippen molar-refractivity contribution in [3.05, 3.63) is 87.3 Å². The first kappa shape index (κ1) is 19.8. The fraction of sp³-hybridized carbons (Fsp3) is 0.0435. The molecule has 8 nitrogen and oxygen atoms in total. The summed E-state index contributed by atoms with van der Waals surface area (Å²) < 4.78 is 4.81. The van der Waals surface area contributed by atoms with Crippen molar-refractivity contribution in [2.75, 3.05) is 0 Å². The lowest BCUT2D eigenvalue weighted by Gasteiger charge is -2.09. The van der Waals surface area contributed by atoms with Crippen molar-refractivity contribution >= 4 is 39.5 Å². The Morgan fingerprint density at radius 2 is 1.88 bits per heavy atom. The number of nitrogens with one attached hydrogen (secondary N) is 2. The highest BCUT2D eigenvalue weighted by Gasteiger charge is 2.12. The van der Waals surface area contributed by atoms with Gasteiger partial charge in [0.05, 0.1) is 22.1 Å². The van der Waals surface area contributed by atoms with E-state index in [9.17, 15) is 9.59 Å². The molecule has 4 N–H and O–H groups in total. The Hall–Kier alpha value is -4.17. The highest BCUT2D eigenvalue weighted by molar-refractivity contribution is 6.33. The Kier molecular flexibility index (Phi) is 4.84. The molecule has 0 saturated carbocycles. The molecule has 0 saturated heterocycles. The van der Waals surface area contributed by atoms with Gasteiger partial charge in [-0.15, -0.1) is 0 Å². The summed E-state index contributed by atoms with van der Waals surface area (Å²) in [4.78, 5) is 30.1. The molecule has 1 amide bonds. The lowest BCUT2D eigenvalue weighted by atomic mass is 9.99. The van der Waals surface area contributed by atoms with Gasteiger partial charge >= 0.3 is 12.1 Å². The maximum absolute atomic E-state index is 12.1. The van der Waals surface area contributed by atoms with Crippen LogP contribution in [-0.4, -0.2) is 26.3 Å². The number of ether oxygens (including phenoxy) is 1. The monoisotopic (exact) mass is 445 g/mol. The third-order valence-corrected chi connectivity index (χ3v) is 5.48. The normalized spacial score (nSPS) is 11.2. The number of primary amides is 1. The van der Waals surface area contributed by atoms with Crippen LogP contribution in [0.5, 0.6) is 6.01 Å². The van der Waals surface area contributed by atoms with E-state index < -0.39 is 6.09 Å². The van der Waals surface area contributed by atoms with Crippen LogP contribution >= 0.6 is 11.6 Å². The number of nitrogens with two attached hydrogens (primary N) is 1. The number of amides is 1. The Labute approximate surface area is 186 Å². The fourth-order valence-electron chi connectivity index (χ4n) is 3.70. The Morgan fingerprint density at radius 3 is 2.69 bits per heavy atom. The summed E-state index contributed by atoms with van der Waals surface area (Å²) in [7, 11) is 0. The van der Waals surface area contributed by atoms with E-state index >= 15 is 0 Å². The van der Waals surface area contributed by atoms with Gasteiger partial charge in [0.1, 0.15) is 0 Å². The number of hydrogen-bond donors (Lipinski definition) is 3. The molecule has 3 aromatic carbocycles. The Morgan fingerprint density at radius 1 is 1.06 bits per heavy atom. The maximum atomic E-state index is 12.1. The lowest BCUT2D eigenvalue weighted by molar-refractivity contribution is 0.207. The van der Waals surface area contributed by atoms with Crippen molar-refractivity contribution in [3.8, 4) is 17.1 Å². The number of aromatic amines is 2. The van der Waals surface area contributed by atoms with Crippen molar-refractivity contribution in [1.29, 1.82) is 0 Å². The van der Waals surface area contributed by atoms with Gasteiger partial charge in [0.25, 0.3) is 5.56 Å². The summed E-state index contributed by atoms with van der Waals surface area (Å²) >= 11 is 6.50. The van der Waals surface area contributed by atoms with Gasteiger partial charge in [-0.05, 0) is 41.5 Å². The van der Waals surface area contributed by atoms with E-state index in [0.717, 1.165) is 27.8 Å². The van der Waals surface area contributed by atoms with Crippen molar-refractivity contribution in [3.63, 3.8) is 0 Å². The molecule has 0 bridgehead atoms. The Balaban J connectivity index is 1.53. The molecule has 9 heteroatoms. The van der Waals surface area contributed by atoms with Gasteiger partial charge in [-0.1, -0.05) is 41.9 Å². The number of nitrogens with zero attached hydrogens (tertiary/aromatic N) is 2. The van der Waals surface area contributed by atoms with Crippen LogP contribution in [0.3, 0.4) is 0 Å². The van der Waals surface area contributed by atoms with Crippen LogP contribution in [0.25, 0.3) is 32.9 Å². The highest BCUT2D eigenvalue weighted by atomic mass is 35.5. The summed E-state index contributed by atoms with van der Waals surface area (Å²) in [6, 6.07) is 18.7. The van der Waals surface area contributed by atoms with Gasteiger partial charge in [0.15, 0.2) is 0 Å². The van der Waals surface area contributed by atoms with Crippen molar-refractivity contribution < 1.29 is 9.53 Å². The summed E-state index contributed by atoms with van der Waals surface area (Å²) in [5.41, 5.74) is 9.57. The molecule has 0 aliphatic heterocycles. The smallest absolute Gasteiger partial charge is 0.376 e. The summed E-state index contributed by atoms with van der Waals surface area (Å²) in [6.45, 7) is 0. The molecular formula is C23H16ClN5O3. The number of hydrogen-bond acceptors (Lipinski definition) is 5. The zero-order valence-electron chi connectivity index (χ0n) is 16.6. The molecule has 0 aliphatic carbocycles. The fourth-order valence-corrected chi connectivity index (χ4v) is 3.93. The van der Waals surface area contributed by atoms with Crippen LogP contribution in [-0.2, 0) is 6.42 Å². The van der Waals surface area contributed by atoms with E-state index in [1.54, 1.807) is 12.1 Å². The minimum Gasteiger partial charge on any atom is -0.376 e. The van der Waals surface area contributed by atoms with Crippen molar-refractivity contribution in [2.24, 2.45) is 5.73 Å². The van der Waals surface area contributed by atoms with Crippen molar-refractivity contribution in [2.45, 2.75) is 6.42 Å². The minimum absolute atomic E-state index is 0.0283. The zero-order chi connectivity index (χ0) is 22.2. The molecule has 2 aromatic heterocycles. The van der Waals surface area contributed by atoms with E-state index in [0.29, 0.717) is 27.9 Å². The van der Waals surface area contributed by atoms with E-state index in [-0.39, 0.29) is 11.6 Å². The average molecular weight is 446 g/mol. The van der Waals surface area contributed by atoms with Crippen LogP contribution in [0.1, 0.15) is 11.3 Å². The van der Waals surface area contributed by atoms with Gasteiger partial charge < -0.3 is 15.5 Å². The predicted molar refractivity (Wildman–Crippen MR) is 122 cm³/mol. The number of H-pyrrole nitrogens is 2. The van der Waals surface area contributed by atoms with Crippen LogP contribution in [0, 0.1) is 0 Å². The van der Waals surface area contributed by atoms with E-state index in [2.05, 4.69) is 20.2 Å². The van der Waals surface area contributed by atoms with Gasteiger partial charge in [0.2, 0.25) is 0 Å². The van der Waals surface area contributed by atoms with Crippen LogP contribution in [0.2, 0.25) is 5.02 Å². The lowest BCUT2D eigenvalue weighted by Crippen LogP contribution is -2.16. The number of carbonyl (C=O) groups excluding carboxylic acids is 1. The van der Waals surface area contributed by atoms with Gasteiger partial charge in [-0.2, -0.15) is 10.1 Å². The topological polar surface area (TPSA) is 127 Å². The number of rotatable bonds is 4. The number of imidazole rings is 1. The third-order valence-electron chi connectivity index (χ3n) is 5.15. The summed E-state index contributed by atoms with van der Waals surface area (Å²) in [5, 5.41) is 8.83. The minimum atomic E-state index is -0.941. The molecule has 0 aliphatic rings. The molecule has 0 fully saturated rings. The molecule has 158 valence electrons. The molecule has 5 rings (SSSR count). The number of aromatic nitrogens is 4. The van der Waals surface area contributed by atoms with Crippen LogP contribution < -0.4 is 16.0 Å². The number of benzene rings is 3. The quantitative estimate of drug-likeness (QED) is 0.382. The van der Waals surface area contributed by atoms with Gasteiger partial charge in [-0.25, -0.2) is 9.89 Å². The third kappa shape index (κ3) is 3.67. The number of fused-ring (bicyclic) bond motifs is 2. The van der Waals surface area contributed by atoms with Crippen LogP contribution in [0.15, 0.2) is 65.5 Å². The average Bonchev–Trinajstić information content (AvgIpc) is 3.18. The van der Waals surface area contributed by atoms with E-state index in [4.69, 9.17) is 22.1 Å². The standard InChI is InChI=1S/C23H16ClN5O3/c24-17-7-5-12(10-19-14-3-1-2-4-15(14)21(30)29-28-19)9-16(17)13-6-8-18-20(11-13)27-23(26-18)32-22(25)31/h1-9,11H,10H2,(H2,25,31)(H,26,27)(H,29,30). The molecule has 32 heavy (non-hydrogen) atoms. The molecule has 0 unspecified atom stereocenters. The molecule has 0 radical (unpaired) electrons. The number of halogens is 1. The first-order valence-corrected chi connectivity index (χ1v) is 10.1. The van der Waals surface area contributed by atoms with Gasteiger partial charge in [0, 0.05) is 22.4 Å². The molecular weight excluding hydrogens is 430 g/mol. The summed E-state index contributed by atoms with van der Waals surface area (Å²) in [5.74, 6) is 0. The SMILES string of the molecule is NC(=O)Oc1nc2ccc(-c3cc(Cc4n[nH]c(=O)c5ccccc45)ccc3Cl)cc2[nH]1. The van der Waals surface area contributed by atoms with E-state index in [1.165, 1.54) is 0 Å². The largest absolute Gasteiger partial charge is 0.412 e.